The first-order valence-electron chi connectivity index (χ1n) is 9.65. The minimum Gasteiger partial charge on any atom is -0.497 e. The number of hydrogen-bond donors (Lipinski definition) is 0. The number of halogens is 1. The first-order chi connectivity index (χ1) is 13.6. The third-order valence-electron chi connectivity index (χ3n) is 4.90. The van der Waals surface area contributed by atoms with Crippen molar-refractivity contribution in [2.75, 3.05) is 39.0 Å². The summed E-state index contributed by atoms with van der Waals surface area (Å²) in [5.74, 6) is 1.94. The summed E-state index contributed by atoms with van der Waals surface area (Å²) in [4.78, 5) is 18.2. The van der Waals surface area contributed by atoms with E-state index >= 15 is 0 Å². The molecule has 0 aromatic heterocycles. The minimum atomic E-state index is 0.257. The highest BCUT2D eigenvalue weighted by molar-refractivity contribution is 7.99. The first kappa shape index (κ1) is 21.0. The highest BCUT2D eigenvalue weighted by Crippen LogP contribution is 2.21. The molecule has 0 atom stereocenters. The second-order valence-corrected chi connectivity index (χ2v) is 8.52. The summed E-state index contributed by atoms with van der Waals surface area (Å²) < 4.78 is 5.22. The molecule has 0 bridgehead atoms. The van der Waals surface area contributed by atoms with Gasteiger partial charge in [-0.3, -0.25) is 9.69 Å². The van der Waals surface area contributed by atoms with Crippen molar-refractivity contribution in [1.82, 2.24) is 9.80 Å². The highest BCUT2D eigenvalue weighted by Gasteiger charge is 2.19. The van der Waals surface area contributed by atoms with Gasteiger partial charge in [-0.25, -0.2) is 0 Å². The lowest BCUT2D eigenvalue weighted by Gasteiger charge is -2.22. The molecule has 1 aliphatic heterocycles. The maximum absolute atomic E-state index is 12.6. The fourth-order valence-electron chi connectivity index (χ4n) is 3.31. The molecule has 2 aromatic rings. The summed E-state index contributed by atoms with van der Waals surface area (Å²) in [6, 6.07) is 16.0. The predicted octanol–water partition coefficient (Wildman–Crippen LogP) is 4.57. The van der Waals surface area contributed by atoms with Gasteiger partial charge in [0.1, 0.15) is 5.75 Å². The zero-order valence-electron chi connectivity index (χ0n) is 16.3. The molecular formula is C22H27ClN2O2S. The Morgan fingerprint density at radius 1 is 1.04 bits per heavy atom. The summed E-state index contributed by atoms with van der Waals surface area (Å²) in [5, 5.41) is 0.740. The molecule has 6 heteroatoms. The molecule has 3 rings (SSSR count). The Balaban J connectivity index is 1.42. The number of carbonyl (C=O) groups excluding carboxylic acids is 1. The average Bonchev–Trinajstić information content (AvgIpc) is 2.96. The van der Waals surface area contributed by atoms with Crippen molar-refractivity contribution in [3.05, 3.63) is 59.1 Å². The van der Waals surface area contributed by atoms with Crippen LogP contribution in [-0.4, -0.2) is 54.7 Å². The van der Waals surface area contributed by atoms with E-state index in [9.17, 15) is 4.79 Å². The molecule has 0 unspecified atom stereocenters. The Labute approximate surface area is 176 Å². The van der Waals surface area contributed by atoms with Crippen LogP contribution in [0.3, 0.4) is 0 Å². The minimum absolute atomic E-state index is 0.257. The molecule has 0 N–H and O–H groups in total. The molecule has 0 spiro atoms. The van der Waals surface area contributed by atoms with Crippen LogP contribution in [0.15, 0.2) is 53.4 Å². The van der Waals surface area contributed by atoms with Gasteiger partial charge in [-0.1, -0.05) is 23.7 Å². The molecule has 1 aliphatic rings. The smallest absolute Gasteiger partial charge is 0.223 e. The van der Waals surface area contributed by atoms with E-state index < -0.39 is 0 Å². The SMILES string of the molecule is COc1ccc(CN2CCCN(C(=O)CCSc3ccc(Cl)cc3)CC2)cc1. The highest BCUT2D eigenvalue weighted by atomic mass is 35.5. The number of carbonyl (C=O) groups is 1. The number of thioether (sulfide) groups is 1. The van der Waals surface area contributed by atoms with Gasteiger partial charge >= 0.3 is 0 Å². The van der Waals surface area contributed by atoms with Crippen molar-refractivity contribution in [1.29, 1.82) is 0 Å². The molecule has 28 heavy (non-hydrogen) atoms. The van der Waals surface area contributed by atoms with Gasteiger partial charge in [-0.2, -0.15) is 0 Å². The topological polar surface area (TPSA) is 32.8 Å². The fraction of sp³-hybridized carbons (Fsp3) is 0.409. The van der Waals surface area contributed by atoms with Crippen LogP contribution in [0.4, 0.5) is 0 Å². The summed E-state index contributed by atoms with van der Waals surface area (Å²) in [6.45, 7) is 4.51. The van der Waals surface area contributed by atoms with Gasteiger partial charge in [0.05, 0.1) is 7.11 Å². The predicted molar refractivity (Wildman–Crippen MR) is 116 cm³/mol. The van der Waals surface area contributed by atoms with Crippen LogP contribution in [0.1, 0.15) is 18.4 Å². The number of benzene rings is 2. The Hall–Kier alpha value is -1.69. The molecule has 1 saturated heterocycles. The van der Waals surface area contributed by atoms with Gasteiger partial charge in [0.2, 0.25) is 5.91 Å². The van der Waals surface area contributed by atoms with Crippen molar-refractivity contribution in [2.45, 2.75) is 24.3 Å². The molecule has 4 nitrogen and oxygen atoms in total. The Morgan fingerprint density at radius 3 is 2.50 bits per heavy atom. The van der Waals surface area contributed by atoms with Crippen molar-refractivity contribution in [2.24, 2.45) is 0 Å². The van der Waals surface area contributed by atoms with E-state index in [0.29, 0.717) is 6.42 Å². The van der Waals surface area contributed by atoms with Crippen LogP contribution in [0.5, 0.6) is 5.75 Å². The summed E-state index contributed by atoms with van der Waals surface area (Å²) >= 11 is 7.62. The molecule has 1 amide bonds. The van der Waals surface area contributed by atoms with E-state index in [1.165, 1.54) is 5.56 Å². The molecule has 0 saturated carbocycles. The number of ether oxygens (including phenoxy) is 1. The number of nitrogens with zero attached hydrogens (tertiary/aromatic N) is 2. The van der Waals surface area contributed by atoms with Crippen molar-refractivity contribution in [3.8, 4) is 5.75 Å². The van der Waals surface area contributed by atoms with E-state index in [2.05, 4.69) is 17.0 Å². The van der Waals surface area contributed by atoms with Gasteiger partial charge in [0.15, 0.2) is 0 Å². The number of amides is 1. The maximum atomic E-state index is 12.6. The van der Waals surface area contributed by atoms with Crippen LogP contribution < -0.4 is 4.74 Å². The van der Waals surface area contributed by atoms with E-state index in [0.717, 1.165) is 60.6 Å². The second-order valence-electron chi connectivity index (χ2n) is 6.91. The van der Waals surface area contributed by atoms with Crippen LogP contribution in [0.2, 0.25) is 5.02 Å². The largest absolute Gasteiger partial charge is 0.497 e. The molecule has 150 valence electrons. The number of hydrogen-bond acceptors (Lipinski definition) is 4. The van der Waals surface area contributed by atoms with Crippen molar-refractivity contribution < 1.29 is 9.53 Å². The standard InChI is InChI=1S/C22H27ClN2O2S/c1-27-20-7-3-18(4-8-20)17-24-12-2-13-25(15-14-24)22(26)11-16-28-21-9-5-19(23)6-10-21/h3-10H,2,11-17H2,1H3. The Bertz CT molecular complexity index is 752. The lowest BCUT2D eigenvalue weighted by atomic mass is 10.2. The summed E-state index contributed by atoms with van der Waals surface area (Å²) in [5.41, 5.74) is 1.28. The quantitative estimate of drug-likeness (QED) is 0.617. The molecule has 0 radical (unpaired) electrons. The van der Waals surface area contributed by atoms with E-state index in [1.807, 2.05) is 41.3 Å². The van der Waals surface area contributed by atoms with Crippen LogP contribution in [0, 0.1) is 0 Å². The summed E-state index contributed by atoms with van der Waals surface area (Å²) in [6.07, 6.45) is 1.60. The van der Waals surface area contributed by atoms with Gasteiger partial charge in [0, 0.05) is 54.8 Å². The maximum Gasteiger partial charge on any atom is 0.223 e. The third-order valence-corrected chi connectivity index (χ3v) is 6.17. The Morgan fingerprint density at radius 2 is 1.79 bits per heavy atom. The second kappa shape index (κ2) is 10.7. The van der Waals surface area contributed by atoms with Crippen LogP contribution >= 0.6 is 23.4 Å². The Kier molecular flexibility index (Phi) is 8.07. The average molecular weight is 419 g/mol. The molecular weight excluding hydrogens is 392 g/mol. The van der Waals surface area contributed by atoms with Crippen LogP contribution in [0.25, 0.3) is 0 Å². The molecule has 2 aromatic carbocycles. The molecule has 1 fully saturated rings. The lowest BCUT2D eigenvalue weighted by molar-refractivity contribution is -0.130. The van der Waals surface area contributed by atoms with Crippen molar-refractivity contribution in [3.63, 3.8) is 0 Å². The van der Waals surface area contributed by atoms with Gasteiger partial charge in [-0.05, 0) is 48.4 Å². The van der Waals surface area contributed by atoms with Gasteiger partial charge in [0.25, 0.3) is 0 Å². The van der Waals surface area contributed by atoms with E-state index in [-0.39, 0.29) is 5.91 Å². The molecule has 0 aliphatic carbocycles. The van der Waals surface area contributed by atoms with Gasteiger partial charge in [-0.15, -0.1) is 11.8 Å². The molecule has 1 heterocycles. The van der Waals surface area contributed by atoms with Crippen LogP contribution in [-0.2, 0) is 11.3 Å². The lowest BCUT2D eigenvalue weighted by Crippen LogP contribution is -2.35. The van der Waals surface area contributed by atoms with Crippen molar-refractivity contribution >= 4 is 29.3 Å². The van der Waals surface area contributed by atoms with E-state index in [4.69, 9.17) is 16.3 Å². The zero-order valence-corrected chi connectivity index (χ0v) is 17.8. The zero-order chi connectivity index (χ0) is 19.8. The normalized spacial score (nSPS) is 15.3. The van der Waals surface area contributed by atoms with E-state index in [1.54, 1.807) is 18.9 Å². The number of rotatable bonds is 7. The monoisotopic (exact) mass is 418 g/mol. The third kappa shape index (κ3) is 6.43. The van der Waals surface area contributed by atoms with Gasteiger partial charge < -0.3 is 9.64 Å². The number of methoxy groups -OCH3 is 1. The fourth-order valence-corrected chi connectivity index (χ4v) is 4.28. The first-order valence-corrected chi connectivity index (χ1v) is 11.0. The summed E-state index contributed by atoms with van der Waals surface area (Å²) in [7, 11) is 1.68.